The van der Waals surface area contributed by atoms with Gasteiger partial charge >= 0.3 is 7.82 Å². The highest BCUT2D eigenvalue weighted by Crippen LogP contribution is 2.35. The molecule has 6 heteroatoms. The van der Waals surface area contributed by atoms with Crippen molar-refractivity contribution < 1.29 is 18.9 Å². The Morgan fingerprint density at radius 3 is 1.54 bits per heavy atom. The third-order valence-electron chi connectivity index (χ3n) is 4.32. The highest BCUT2D eigenvalue weighted by atomic mass is 31.2. The molecule has 5 nitrogen and oxygen atoms in total. The van der Waals surface area contributed by atoms with Crippen LogP contribution in [0.5, 0.6) is 0 Å². The zero-order chi connectivity index (χ0) is 18.1. The van der Waals surface area contributed by atoms with Crippen molar-refractivity contribution in [1.82, 2.24) is 4.90 Å². The van der Waals surface area contributed by atoms with E-state index in [0.29, 0.717) is 6.54 Å². The second-order valence-corrected chi connectivity index (χ2v) is 7.94. The minimum Gasteiger partial charge on any atom is -0.303 e. The molecule has 0 fully saturated rings. The molecule has 0 heterocycles. The largest absolute Gasteiger partial charge is 0.469 e. The molecule has 0 unspecified atom stereocenters. The van der Waals surface area contributed by atoms with Gasteiger partial charge in [-0.25, -0.2) is 4.57 Å². The fourth-order valence-electron chi connectivity index (χ4n) is 2.86. The normalized spacial score (nSPS) is 12.2. The zero-order valence-electron chi connectivity index (χ0n) is 15.9. The van der Waals surface area contributed by atoms with Gasteiger partial charge in [0.2, 0.25) is 0 Å². The molecule has 0 spiro atoms. The summed E-state index contributed by atoms with van der Waals surface area (Å²) in [5.74, 6) is 0. The van der Waals surface area contributed by atoms with E-state index in [2.05, 4.69) is 23.3 Å². The Balaban J connectivity index is 3.89. The summed E-state index contributed by atoms with van der Waals surface area (Å²) in [4.78, 5) is 19.9. The molecule has 0 aliphatic carbocycles. The maximum absolute atomic E-state index is 10.8. The van der Waals surface area contributed by atoms with E-state index >= 15 is 0 Å². The summed E-state index contributed by atoms with van der Waals surface area (Å²) in [6.45, 7) is 7.18. The lowest BCUT2D eigenvalue weighted by molar-refractivity contribution is 0.158. The molecule has 2 N–H and O–H groups in total. The van der Waals surface area contributed by atoms with E-state index in [1.807, 2.05) is 0 Å². The van der Waals surface area contributed by atoms with Crippen molar-refractivity contribution >= 4 is 7.82 Å². The summed E-state index contributed by atoms with van der Waals surface area (Å²) in [5.41, 5.74) is 0. The third kappa shape index (κ3) is 18.4. The minimum atomic E-state index is -4.34. The molecule has 0 aliphatic heterocycles. The molecular weight excluding hydrogens is 325 g/mol. The van der Waals surface area contributed by atoms with Crippen molar-refractivity contribution in [3.63, 3.8) is 0 Å². The Morgan fingerprint density at radius 2 is 1.12 bits per heavy atom. The van der Waals surface area contributed by atoms with Crippen LogP contribution in [0, 0.1) is 0 Å². The number of phosphoric ester groups is 1. The van der Waals surface area contributed by atoms with Crippen molar-refractivity contribution in [3.05, 3.63) is 0 Å². The maximum atomic E-state index is 10.8. The molecule has 0 aromatic carbocycles. The molecule has 0 saturated carbocycles. The van der Waals surface area contributed by atoms with E-state index in [-0.39, 0.29) is 6.61 Å². The van der Waals surface area contributed by atoms with Crippen molar-refractivity contribution in [2.24, 2.45) is 0 Å². The van der Waals surface area contributed by atoms with E-state index < -0.39 is 7.82 Å². The number of unbranched alkanes of at least 4 members (excludes halogenated alkanes) is 10. The summed E-state index contributed by atoms with van der Waals surface area (Å²) in [7, 11) is -4.34. The van der Waals surface area contributed by atoms with Crippen LogP contribution in [0.2, 0.25) is 0 Å². The van der Waals surface area contributed by atoms with Gasteiger partial charge < -0.3 is 14.7 Å². The van der Waals surface area contributed by atoms with Crippen LogP contribution in [0.4, 0.5) is 0 Å². The highest BCUT2D eigenvalue weighted by molar-refractivity contribution is 7.46. The first kappa shape index (κ1) is 24.1. The molecule has 24 heavy (non-hydrogen) atoms. The molecular formula is C18H40NO4P. The third-order valence-corrected chi connectivity index (χ3v) is 4.84. The molecule has 0 atom stereocenters. The standard InChI is InChI=1S/C18H40NO4P/c1-3-5-7-9-11-13-15-19(17-18-23-24(20,21)22)16-14-12-10-8-6-4-2/h3-18H2,1-2H3,(H2,20,21,22). The molecule has 0 rings (SSSR count). The van der Waals surface area contributed by atoms with E-state index in [4.69, 9.17) is 9.79 Å². The van der Waals surface area contributed by atoms with Gasteiger partial charge in [-0.15, -0.1) is 0 Å². The van der Waals surface area contributed by atoms with Crippen LogP contribution in [-0.4, -0.2) is 40.9 Å². The number of phosphoric acid groups is 1. The topological polar surface area (TPSA) is 70.0 Å². The molecule has 0 aromatic heterocycles. The number of nitrogens with zero attached hydrogens (tertiary/aromatic N) is 1. The average Bonchev–Trinajstić information content (AvgIpc) is 2.52. The van der Waals surface area contributed by atoms with Gasteiger partial charge in [-0.2, -0.15) is 0 Å². The van der Waals surface area contributed by atoms with Crippen LogP contribution in [0.3, 0.4) is 0 Å². The molecule has 0 aromatic rings. The van der Waals surface area contributed by atoms with Gasteiger partial charge in [0, 0.05) is 6.54 Å². The van der Waals surface area contributed by atoms with Crippen molar-refractivity contribution in [2.75, 3.05) is 26.2 Å². The fraction of sp³-hybridized carbons (Fsp3) is 1.00. The highest BCUT2D eigenvalue weighted by Gasteiger charge is 2.14. The van der Waals surface area contributed by atoms with Crippen molar-refractivity contribution in [3.8, 4) is 0 Å². The lowest BCUT2D eigenvalue weighted by Crippen LogP contribution is -2.29. The Morgan fingerprint density at radius 1 is 0.708 bits per heavy atom. The minimum absolute atomic E-state index is 0.107. The summed E-state index contributed by atoms with van der Waals surface area (Å²) in [6, 6.07) is 0. The van der Waals surface area contributed by atoms with E-state index in [9.17, 15) is 4.57 Å². The van der Waals surface area contributed by atoms with Crippen LogP contribution < -0.4 is 0 Å². The number of hydrogen-bond donors (Lipinski definition) is 2. The van der Waals surface area contributed by atoms with Gasteiger partial charge in [-0.05, 0) is 25.9 Å². The number of hydrogen-bond acceptors (Lipinski definition) is 3. The molecule has 146 valence electrons. The monoisotopic (exact) mass is 365 g/mol. The van der Waals surface area contributed by atoms with Crippen LogP contribution in [0.25, 0.3) is 0 Å². The molecule has 0 amide bonds. The van der Waals surface area contributed by atoms with E-state index in [1.165, 1.54) is 64.2 Å². The van der Waals surface area contributed by atoms with Gasteiger partial charge in [0.05, 0.1) is 6.61 Å². The van der Waals surface area contributed by atoms with Gasteiger partial charge in [0.15, 0.2) is 0 Å². The fourth-order valence-corrected chi connectivity index (χ4v) is 3.18. The van der Waals surface area contributed by atoms with Gasteiger partial charge in [0.25, 0.3) is 0 Å². The predicted molar refractivity (Wildman–Crippen MR) is 101 cm³/mol. The summed E-state index contributed by atoms with van der Waals surface area (Å²) in [6.07, 6.45) is 15.2. The second-order valence-electron chi connectivity index (χ2n) is 6.70. The van der Waals surface area contributed by atoms with Crippen LogP contribution in [0.1, 0.15) is 90.9 Å². The van der Waals surface area contributed by atoms with Crippen molar-refractivity contribution in [2.45, 2.75) is 90.9 Å². The number of rotatable bonds is 18. The molecule has 0 saturated heterocycles. The summed E-state index contributed by atoms with van der Waals surface area (Å²) in [5, 5.41) is 0. The Kier molecular flexibility index (Phi) is 16.6. The van der Waals surface area contributed by atoms with Gasteiger partial charge in [-0.3, -0.25) is 4.52 Å². The quantitative estimate of drug-likeness (QED) is 0.261. The van der Waals surface area contributed by atoms with Crippen LogP contribution in [0.15, 0.2) is 0 Å². The van der Waals surface area contributed by atoms with Crippen LogP contribution in [-0.2, 0) is 9.09 Å². The second kappa shape index (κ2) is 16.5. The smallest absolute Gasteiger partial charge is 0.303 e. The van der Waals surface area contributed by atoms with Gasteiger partial charge in [0.1, 0.15) is 0 Å². The average molecular weight is 365 g/mol. The van der Waals surface area contributed by atoms with Crippen molar-refractivity contribution in [1.29, 1.82) is 0 Å². The summed E-state index contributed by atoms with van der Waals surface area (Å²) < 4.78 is 15.4. The maximum Gasteiger partial charge on any atom is 0.469 e. The van der Waals surface area contributed by atoms with E-state index in [0.717, 1.165) is 25.9 Å². The zero-order valence-corrected chi connectivity index (χ0v) is 16.8. The first-order chi connectivity index (χ1) is 11.5. The van der Waals surface area contributed by atoms with E-state index in [1.54, 1.807) is 0 Å². The van der Waals surface area contributed by atoms with Gasteiger partial charge in [-0.1, -0.05) is 78.1 Å². The first-order valence-electron chi connectivity index (χ1n) is 9.92. The van der Waals surface area contributed by atoms with Crippen LogP contribution >= 0.6 is 7.82 Å². The lowest BCUT2D eigenvalue weighted by atomic mass is 10.1. The Hall–Kier alpha value is 0.0700. The predicted octanol–water partition coefficient (Wildman–Crippen LogP) is 5.12. The Labute approximate surface area is 149 Å². The Bertz CT molecular complexity index is 293. The lowest BCUT2D eigenvalue weighted by Gasteiger charge is -2.22. The molecule has 0 bridgehead atoms. The summed E-state index contributed by atoms with van der Waals surface area (Å²) >= 11 is 0. The SMILES string of the molecule is CCCCCCCCN(CCCCCCCC)CCOP(=O)(O)O. The molecule has 0 radical (unpaired) electrons. The molecule has 0 aliphatic rings. The first-order valence-corrected chi connectivity index (χ1v) is 11.4.